The highest BCUT2D eigenvalue weighted by molar-refractivity contribution is 7.89. The molecule has 1 atom stereocenters. The third-order valence-corrected chi connectivity index (χ3v) is 8.13. The maximum absolute atomic E-state index is 12.9. The molecule has 1 N–H and O–H groups in total. The molecule has 186 valence electrons. The number of hydrogen-bond donors (Lipinski definition) is 1. The fourth-order valence-electron chi connectivity index (χ4n) is 4.17. The van der Waals surface area contributed by atoms with E-state index in [4.69, 9.17) is 9.47 Å². The van der Waals surface area contributed by atoms with Crippen LogP contribution in [0.1, 0.15) is 6.42 Å². The first kappa shape index (κ1) is 24.4. The molecule has 0 bridgehead atoms. The van der Waals surface area contributed by atoms with Crippen molar-refractivity contribution in [3.8, 4) is 5.75 Å². The number of hydrogen-bond acceptors (Lipinski definition) is 8. The molecule has 4 rings (SSSR count). The van der Waals surface area contributed by atoms with Gasteiger partial charge in [-0.3, -0.25) is 14.5 Å². The van der Waals surface area contributed by atoms with E-state index in [1.54, 1.807) is 17.0 Å². The average Bonchev–Trinajstić information content (AvgIpc) is 3.12. The Balaban J connectivity index is 1.29. The molecule has 4 amide bonds. The van der Waals surface area contributed by atoms with Gasteiger partial charge in [0.15, 0.2) is 0 Å². The van der Waals surface area contributed by atoms with Crippen LogP contribution in [0, 0.1) is 0 Å². The quantitative estimate of drug-likeness (QED) is 0.484. The van der Waals surface area contributed by atoms with Crippen molar-refractivity contribution >= 4 is 27.9 Å². The van der Waals surface area contributed by atoms with E-state index < -0.39 is 28.0 Å². The summed E-state index contributed by atoms with van der Waals surface area (Å²) in [6.45, 7) is 3.11. The van der Waals surface area contributed by atoms with Crippen LogP contribution < -0.4 is 10.1 Å². The molecule has 3 saturated heterocycles. The van der Waals surface area contributed by atoms with E-state index in [0.29, 0.717) is 45.1 Å². The van der Waals surface area contributed by atoms with Crippen molar-refractivity contribution in [3.63, 3.8) is 0 Å². The SMILES string of the molecule is COc1ccc(S(=O)(=O)N2CCN(CN3C(=O)N[C@@H](CC(=O)N4CCOCC4)C3=O)CC2)cc1. The predicted octanol–water partition coefficient (Wildman–Crippen LogP) is -0.872. The number of imide groups is 1. The molecular weight excluding hydrogens is 466 g/mol. The van der Waals surface area contributed by atoms with Gasteiger partial charge < -0.3 is 19.7 Å². The number of rotatable bonds is 7. The zero-order valence-corrected chi connectivity index (χ0v) is 19.8. The summed E-state index contributed by atoms with van der Waals surface area (Å²) in [7, 11) is -2.14. The third-order valence-electron chi connectivity index (χ3n) is 6.22. The number of nitrogens with one attached hydrogen (secondary N) is 1. The summed E-state index contributed by atoms with van der Waals surface area (Å²) in [6.07, 6.45) is -0.0883. The Morgan fingerprint density at radius 3 is 2.32 bits per heavy atom. The number of carbonyl (C=O) groups is 3. The van der Waals surface area contributed by atoms with Crippen LogP contribution in [0.4, 0.5) is 4.79 Å². The van der Waals surface area contributed by atoms with E-state index in [9.17, 15) is 22.8 Å². The number of urea groups is 1. The zero-order chi connectivity index (χ0) is 24.3. The van der Waals surface area contributed by atoms with Crippen LogP contribution in [0.3, 0.4) is 0 Å². The number of ether oxygens (including phenoxy) is 2. The lowest BCUT2D eigenvalue weighted by molar-refractivity contribution is -0.139. The number of benzene rings is 1. The molecule has 0 spiro atoms. The average molecular weight is 496 g/mol. The molecule has 13 heteroatoms. The second-order valence-electron chi connectivity index (χ2n) is 8.30. The number of morpholine rings is 1. The molecule has 0 saturated carbocycles. The first-order chi connectivity index (χ1) is 16.3. The summed E-state index contributed by atoms with van der Waals surface area (Å²) in [6, 6.07) is 4.78. The molecule has 12 nitrogen and oxygen atoms in total. The van der Waals surface area contributed by atoms with Crippen LogP contribution in [0.5, 0.6) is 5.75 Å². The van der Waals surface area contributed by atoms with Gasteiger partial charge in [-0.2, -0.15) is 4.31 Å². The minimum Gasteiger partial charge on any atom is -0.497 e. The minimum absolute atomic E-state index is 0.0450. The van der Waals surface area contributed by atoms with Gasteiger partial charge in [-0.05, 0) is 24.3 Å². The van der Waals surface area contributed by atoms with Gasteiger partial charge in [0.05, 0.1) is 38.3 Å². The van der Waals surface area contributed by atoms with Gasteiger partial charge >= 0.3 is 6.03 Å². The molecule has 0 unspecified atom stereocenters. The molecular formula is C21H29N5O7S. The summed E-state index contributed by atoms with van der Waals surface area (Å²) < 4.78 is 37.5. The molecule has 3 fully saturated rings. The summed E-state index contributed by atoms with van der Waals surface area (Å²) in [5.74, 6) is -0.0664. The number of nitrogens with zero attached hydrogens (tertiary/aromatic N) is 4. The fraction of sp³-hybridized carbons (Fsp3) is 0.571. The van der Waals surface area contributed by atoms with E-state index in [2.05, 4.69) is 5.32 Å². The highest BCUT2D eigenvalue weighted by Gasteiger charge is 2.41. The Bertz CT molecular complexity index is 1020. The topological polar surface area (TPSA) is 129 Å². The van der Waals surface area contributed by atoms with Crippen molar-refractivity contribution < 1.29 is 32.3 Å². The zero-order valence-electron chi connectivity index (χ0n) is 19.0. The van der Waals surface area contributed by atoms with Crippen LogP contribution in [0.25, 0.3) is 0 Å². The van der Waals surface area contributed by atoms with Gasteiger partial charge in [-0.25, -0.2) is 18.1 Å². The molecule has 0 aromatic heterocycles. The van der Waals surface area contributed by atoms with Crippen molar-refractivity contribution in [1.82, 2.24) is 24.3 Å². The second kappa shape index (κ2) is 10.3. The van der Waals surface area contributed by atoms with Crippen LogP contribution >= 0.6 is 0 Å². The lowest BCUT2D eigenvalue weighted by Gasteiger charge is -2.35. The molecule has 0 aliphatic carbocycles. The lowest BCUT2D eigenvalue weighted by atomic mass is 10.2. The van der Waals surface area contributed by atoms with E-state index >= 15 is 0 Å². The Labute approximate surface area is 198 Å². The molecule has 0 radical (unpaired) electrons. The minimum atomic E-state index is -3.65. The van der Waals surface area contributed by atoms with Crippen molar-refractivity contribution in [2.24, 2.45) is 0 Å². The third kappa shape index (κ3) is 5.17. The smallest absolute Gasteiger partial charge is 0.325 e. The Morgan fingerprint density at radius 2 is 1.71 bits per heavy atom. The van der Waals surface area contributed by atoms with Crippen molar-refractivity contribution in [2.75, 3.05) is 66.3 Å². The number of methoxy groups -OCH3 is 1. The summed E-state index contributed by atoms with van der Waals surface area (Å²) in [4.78, 5) is 42.4. The summed E-state index contributed by atoms with van der Waals surface area (Å²) in [5, 5.41) is 2.59. The van der Waals surface area contributed by atoms with Gasteiger partial charge in [-0.1, -0.05) is 0 Å². The Hall–Kier alpha value is -2.74. The van der Waals surface area contributed by atoms with Gasteiger partial charge in [0.25, 0.3) is 5.91 Å². The molecule has 3 aliphatic heterocycles. The second-order valence-corrected chi connectivity index (χ2v) is 10.2. The first-order valence-electron chi connectivity index (χ1n) is 11.1. The highest BCUT2D eigenvalue weighted by Crippen LogP contribution is 2.21. The molecule has 3 heterocycles. The van der Waals surface area contributed by atoms with Crippen molar-refractivity contribution in [2.45, 2.75) is 17.4 Å². The van der Waals surface area contributed by atoms with Gasteiger partial charge in [0.1, 0.15) is 11.8 Å². The van der Waals surface area contributed by atoms with Crippen molar-refractivity contribution in [1.29, 1.82) is 0 Å². The summed E-state index contributed by atoms with van der Waals surface area (Å²) >= 11 is 0. The molecule has 3 aliphatic rings. The number of amides is 4. The van der Waals surface area contributed by atoms with Crippen LogP contribution in [0.15, 0.2) is 29.2 Å². The lowest BCUT2D eigenvalue weighted by Crippen LogP contribution is -2.52. The maximum atomic E-state index is 12.9. The maximum Gasteiger partial charge on any atom is 0.325 e. The van der Waals surface area contributed by atoms with Crippen LogP contribution in [0.2, 0.25) is 0 Å². The van der Waals surface area contributed by atoms with Gasteiger partial charge in [0, 0.05) is 39.3 Å². The van der Waals surface area contributed by atoms with Gasteiger partial charge in [0.2, 0.25) is 15.9 Å². The Kier molecular flexibility index (Phi) is 7.36. The highest BCUT2D eigenvalue weighted by atomic mass is 32.2. The summed E-state index contributed by atoms with van der Waals surface area (Å²) in [5.41, 5.74) is 0. The molecule has 34 heavy (non-hydrogen) atoms. The van der Waals surface area contributed by atoms with Crippen molar-refractivity contribution in [3.05, 3.63) is 24.3 Å². The molecule has 1 aromatic carbocycles. The monoisotopic (exact) mass is 495 g/mol. The van der Waals surface area contributed by atoms with E-state index in [0.717, 1.165) is 4.90 Å². The van der Waals surface area contributed by atoms with E-state index in [-0.39, 0.29) is 37.0 Å². The number of carbonyl (C=O) groups excluding carboxylic acids is 3. The largest absolute Gasteiger partial charge is 0.497 e. The van der Waals surface area contributed by atoms with E-state index in [1.807, 2.05) is 4.90 Å². The fourth-order valence-corrected chi connectivity index (χ4v) is 5.60. The van der Waals surface area contributed by atoms with Crippen LogP contribution in [-0.2, 0) is 24.3 Å². The first-order valence-corrected chi connectivity index (χ1v) is 12.6. The normalized spacial score (nSPS) is 22.7. The molecule has 1 aromatic rings. The standard InChI is InChI=1S/C21H29N5O7S/c1-32-16-2-4-17(5-3-16)34(30,31)25-8-6-23(7-9-25)15-26-20(28)18(22-21(26)29)14-19(27)24-10-12-33-13-11-24/h2-5,18H,6-15H2,1H3,(H,22,29)/t18-/m0/s1. The number of sulfonamides is 1. The Morgan fingerprint density at radius 1 is 1.06 bits per heavy atom. The van der Waals surface area contributed by atoms with Crippen LogP contribution in [-0.4, -0.2) is 118 Å². The number of piperazine rings is 1. The predicted molar refractivity (Wildman–Crippen MR) is 119 cm³/mol. The van der Waals surface area contributed by atoms with Gasteiger partial charge in [-0.15, -0.1) is 0 Å². The van der Waals surface area contributed by atoms with E-state index in [1.165, 1.54) is 23.5 Å².